The monoisotopic (exact) mass is 297 g/mol. The number of hydrogen-bond donors (Lipinski definition) is 2. The number of nitrogens with one attached hydrogen (secondary N) is 2. The summed E-state index contributed by atoms with van der Waals surface area (Å²) in [6, 6.07) is 1.38. The van der Waals surface area contributed by atoms with Gasteiger partial charge in [0, 0.05) is 56.2 Å². The number of rotatable bonds is 5. The Labute approximate surface area is 126 Å². The minimum Gasteiger partial charge on any atom is -0.355 e. The molecule has 3 aliphatic rings. The van der Waals surface area contributed by atoms with Crippen molar-refractivity contribution in [3.63, 3.8) is 0 Å². The van der Waals surface area contributed by atoms with Gasteiger partial charge < -0.3 is 10.6 Å². The van der Waals surface area contributed by atoms with Gasteiger partial charge in [0.2, 0.25) is 5.91 Å². The van der Waals surface area contributed by atoms with Crippen molar-refractivity contribution in [3.8, 4) is 0 Å². The molecule has 0 radical (unpaired) electrons. The lowest BCUT2D eigenvalue weighted by Gasteiger charge is -2.29. The zero-order valence-corrected chi connectivity index (χ0v) is 13.1. The molecule has 0 aromatic carbocycles. The Bertz CT molecular complexity index is 321. The van der Waals surface area contributed by atoms with Crippen molar-refractivity contribution < 1.29 is 4.79 Å². The van der Waals surface area contributed by atoms with Crippen molar-refractivity contribution in [3.05, 3.63) is 0 Å². The minimum absolute atomic E-state index is 0.266. The normalized spacial score (nSPS) is 34.1. The van der Waals surface area contributed by atoms with Crippen molar-refractivity contribution in [2.24, 2.45) is 5.92 Å². The van der Waals surface area contributed by atoms with E-state index in [4.69, 9.17) is 0 Å². The van der Waals surface area contributed by atoms with Crippen LogP contribution in [0.5, 0.6) is 0 Å². The van der Waals surface area contributed by atoms with E-state index in [-0.39, 0.29) is 5.91 Å². The lowest BCUT2D eigenvalue weighted by molar-refractivity contribution is -0.122. The number of piperidine rings is 1. The van der Waals surface area contributed by atoms with Gasteiger partial charge in [-0.1, -0.05) is 0 Å². The second-order valence-electron chi connectivity index (χ2n) is 6.48. The quantitative estimate of drug-likeness (QED) is 0.797. The molecule has 3 fully saturated rings. The van der Waals surface area contributed by atoms with Crippen molar-refractivity contribution in [2.45, 2.75) is 44.2 Å². The van der Waals surface area contributed by atoms with E-state index < -0.39 is 0 Å². The molecule has 0 spiro atoms. The molecule has 3 rings (SSSR count). The molecule has 1 amide bonds. The average molecular weight is 297 g/mol. The second-order valence-corrected chi connectivity index (χ2v) is 7.71. The fraction of sp³-hybridized carbons (Fsp3) is 0.933. The summed E-state index contributed by atoms with van der Waals surface area (Å²) in [7, 11) is 0. The molecular weight excluding hydrogens is 270 g/mol. The summed E-state index contributed by atoms with van der Waals surface area (Å²) in [5, 5.41) is 6.76. The van der Waals surface area contributed by atoms with E-state index >= 15 is 0 Å². The summed E-state index contributed by atoms with van der Waals surface area (Å²) in [5.74, 6) is 3.36. The third-order valence-corrected chi connectivity index (χ3v) is 5.84. The molecule has 2 bridgehead atoms. The lowest BCUT2D eigenvalue weighted by Crippen LogP contribution is -2.41. The van der Waals surface area contributed by atoms with Crippen LogP contribution in [0.3, 0.4) is 0 Å². The first kappa shape index (κ1) is 14.7. The topological polar surface area (TPSA) is 44.4 Å². The molecule has 3 aliphatic heterocycles. The summed E-state index contributed by atoms with van der Waals surface area (Å²) >= 11 is 2.03. The van der Waals surface area contributed by atoms with Crippen molar-refractivity contribution in [1.82, 2.24) is 15.5 Å². The van der Waals surface area contributed by atoms with Gasteiger partial charge in [0.25, 0.3) is 0 Å². The number of nitrogens with zero attached hydrogens (tertiary/aromatic N) is 1. The van der Waals surface area contributed by atoms with Crippen LogP contribution in [0.15, 0.2) is 0 Å². The molecule has 0 aromatic heterocycles. The zero-order valence-electron chi connectivity index (χ0n) is 12.3. The summed E-state index contributed by atoms with van der Waals surface area (Å²) in [6.45, 7) is 4.20. The Morgan fingerprint density at radius 1 is 1.20 bits per heavy atom. The maximum Gasteiger partial charge on any atom is 0.220 e. The van der Waals surface area contributed by atoms with E-state index in [0.29, 0.717) is 18.0 Å². The number of thioether (sulfide) groups is 1. The van der Waals surface area contributed by atoms with E-state index in [1.54, 1.807) is 0 Å². The van der Waals surface area contributed by atoms with Gasteiger partial charge in [-0.15, -0.1) is 0 Å². The van der Waals surface area contributed by atoms with Gasteiger partial charge in [-0.05, 0) is 31.6 Å². The molecule has 5 heteroatoms. The van der Waals surface area contributed by atoms with Crippen molar-refractivity contribution in [1.29, 1.82) is 0 Å². The van der Waals surface area contributed by atoms with Gasteiger partial charge in [-0.2, -0.15) is 11.8 Å². The number of fused-ring (bicyclic) bond motifs is 2. The molecule has 0 saturated carbocycles. The Kier molecular flexibility index (Phi) is 5.24. The van der Waals surface area contributed by atoms with Gasteiger partial charge in [-0.25, -0.2) is 0 Å². The smallest absolute Gasteiger partial charge is 0.220 e. The van der Waals surface area contributed by atoms with E-state index in [0.717, 1.165) is 19.5 Å². The first-order valence-corrected chi connectivity index (χ1v) is 9.28. The van der Waals surface area contributed by atoms with Crippen molar-refractivity contribution >= 4 is 17.7 Å². The summed E-state index contributed by atoms with van der Waals surface area (Å²) in [6.07, 6.45) is 5.77. The van der Waals surface area contributed by atoms with Gasteiger partial charge in [0.1, 0.15) is 0 Å². The summed E-state index contributed by atoms with van der Waals surface area (Å²) in [5.41, 5.74) is 0. The highest BCUT2D eigenvalue weighted by atomic mass is 32.2. The highest BCUT2D eigenvalue weighted by Gasteiger charge is 2.34. The number of amides is 1. The van der Waals surface area contributed by atoms with Gasteiger partial charge in [-0.3, -0.25) is 9.69 Å². The van der Waals surface area contributed by atoms with Crippen LogP contribution in [0.25, 0.3) is 0 Å². The SMILES string of the molecule is O=C(CC1CC2CCC(C1)N2)NCCN1CCSCC1. The molecule has 20 heavy (non-hydrogen) atoms. The predicted octanol–water partition coefficient (Wildman–Crippen LogP) is 1.07. The molecule has 114 valence electrons. The van der Waals surface area contributed by atoms with Crippen LogP contribution in [0.4, 0.5) is 0 Å². The average Bonchev–Trinajstić information content (AvgIpc) is 2.79. The Balaban J connectivity index is 1.31. The maximum atomic E-state index is 12.0. The van der Waals surface area contributed by atoms with Crippen LogP contribution in [0.1, 0.15) is 32.1 Å². The summed E-state index contributed by atoms with van der Waals surface area (Å²) < 4.78 is 0. The van der Waals surface area contributed by atoms with Crippen LogP contribution in [0, 0.1) is 5.92 Å². The first-order valence-electron chi connectivity index (χ1n) is 8.12. The molecule has 4 nitrogen and oxygen atoms in total. The number of hydrogen-bond acceptors (Lipinski definition) is 4. The highest BCUT2D eigenvalue weighted by Crippen LogP contribution is 2.32. The van der Waals surface area contributed by atoms with E-state index in [1.165, 1.54) is 50.3 Å². The van der Waals surface area contributed by atoms with E-state index in [9.17, 15) is 4.79 Å². The fourth-order valence-electron chi connectivity index (χ4n) is 3.85. The van der Waals surface area contributed by atoms with E-state index in [1.807, 2.05) is 11.8 Å². The minimum atomic E-state index is 0.266. The molecule has 3 saturated heterocycles. The molecule has 0 aliphatic carbocycles. The summed E-state index contributed by atoms with van der Waals surface area (Å²) in [4.78, 5) is 14.5. The third kappa shape index (κ3) is 4.12. The standard InChI is InChI=1S/C15H27N3OS/c19-15(16-3-4-18-5-7-20-8-6-18)11-12-9-13-1-2-14(10-12)17-13/h12-14,17H,1-11H2,(H,16,19). The van der Waals surface area contributed by atoms with Gasteiger partial charge >= 0.3 is 0 Å². The molecule has 3 heterocycles. The first-order chi connectivity index (χ1) is 9.79. The second kappa shape index (κ2) is 7.14. The van der Waals surface area contributed by atoms with Gasteiger partial charge in [0.15, 0.2) is 0 Å². The lowest BCUT2D eigenvalue weighted by atomic mass is 9.89. The van der Waals surface area contributed by atoms with E-state index in [2.05, 4.69) is 15.5 Å². The Morgan fingerprint density at radius 3 is 2.60 bits per heavy atom. The highest BCUT2D eigenvalue weighted by molar-refractivity contribution is 7.99. The fourth-order valence-corrected chi connectivity index (χ4v) is 4.83. The molecule has 2 atom stereocenters. The largest absolute Gasteiger partial charge is 0.355 e. The van der Waals surface area contributed by atoms with Gasteiger partial charge in [0.05, 0.1) is 0 Å². The Morgan fingerprint density at radius 2 is 1.90 bits per heavy atom. The molecule has 0 aromatic rings. The Hall–Kier alpha value is -0.260. The molecule has 2 N–H and O–H groups in total. The zero-order chi connectivity index (χ0) is 13.8. The van der Waals surface area contributed by atoms with Crippen LogP contribution < -0.4 is 10.6 Å². The van der Waals surface area contributed by atoms with Crippen LogP contribution in [-0.4, -0.2) is 60.6 Å². The number of carbonyl (C=O) groups excluding carboxylic acids is 1. The third-order valence-electron chi connectivity index (χ3n) is 4.90. The molecule has 2 unspecified atom stereocenters. The predicted molar refractivity (Wildman–Crippen MR) is 84.1 cm³/mol. The van der Waals surface area contributed by atoms with Crippen LogP contribution in [0.2, 0.25) is 0 Å². The van der Waals surface area contributed by atoms with Crippen LogP contribution in [-0.2, 0) is 4.79 Å². The van der Waals surface area contributed by atoms with Crippen molar-refractivity contribution in [2.75, 3.05) is 37.7 Å². The molecular formula is C15H27N3OS. The van der Waals surface area contributed by atoms with Crippen LogP contribution >= 0.6 is 11.8 Å². The number of carbonyl (C=O) groups is 1. The maximum absolute atomic E-state index is 12.0.